The van der Waals surface area contributed by atoms with Crippen molar-refractivity contribution in [2.75, 3.05) is 6.54 Å². The molecule has 0 bridgehead atoms. The molecule has 1 nitrogen and oxygen atoms in total. The number of hydrogen-bond acceptors (Lipinski definition) is 1. The van der Waals surface area contributed by atoms with E-state index in [0.29, 0.717) is 5.56 Å². The van der Waals surface area contributed by atoms with Crippen LogP contribution in [-0.4, -0.2) is 6.54 Å². The molecule has 2 aromatic rings. The van der Waals surface area contributed by atoms with Crippen molar-refractivity contribution < 1.29 is 4.39 Å². The molecule has 2 aromatic carbocycles. The molecule has 0 amide bonds. The molecule has 1 unspecified atom stereocenters. The van der Waals surface area contributed by atoms with Crippen LogP contribution >= 0.6 is 11.6 Å². The fourth-order valence-electron chi connectivity index (χ4n) is 2.20. The van der Waals surface area contributed by atoms with E-state index < -0.39 is 0 Å². The standard InChI is InChI=1S/C16H17ClFN/c1-3-19-16(12-7-4-6-11(2)10-12)13-8-5-9-14(17)15(13)18/h4-10,16,19H,3H2,1-2H3. The molecule has 0 spiro atoms. The van der Waals surface area contributed by atoms with Gasteiger partial charge in [-0.15, -0.1) is 0 Å². The first-order valence-corrected chi connectivity index (χ1v) is 6.75. The van der Waals surface area contributed by atoms with Crippen LogP contribution in [0, 0.1) is 12.7 Å². The average Bonchev–Trinajstić information content (AvgIpc) is 2.40. The lowest BCUT2D eigenvalue weighted by Gasteiger charge is -2.20. The Bertz CT molecular complexity index is 568. The number of aryl methyl sites for hydroxylation is 1. The van der Waals surface area contributed by atoms with Crippen LogP contribution in [0.25, 0.3) is 0 Å². The summed E-state index contributed by atoms with van der Waals surface area (Å²) in [5.74, 6) is -0.350. The lowest BCUT2D eigenvalue weighted by molar-refractivity contribution is 0.559. The van der Waals surface area contributed by atoms with Crippen molar-refractivity contribution in [1.82, 2.24) is 5.32 Å². The van der Waals surface area contributed by atoms with Gasteiger partial charge in [0.25, 0.3) is 0 Å². The van der Waals surface area contributed by atoms with Crippen LogP contribution in [0.2, 0.25) is 5.02 Å². The Morgan fingerprint density at radius 3 is 2.63 bits per heavy atom. The van der Waals surface area contributed by atoms with Gasteiger partial charge in [-0.25, -0.2) is 4.39 Å². The molecule has 19 heavy (non-hydrogen) atoms. The summed E-state index contributed by atoms with van der Waals surface area (Å²) in [4.78, 5) is 0. The van der Waals surface area contributed by atoms with E-state index in [1.165, 1.54) is 0 Å². The first-order chi connectivity index (χ1) is 9.13. The molecule has 0 aliphatic rings. The Labute approximate surface area is 118 Å². The summed E-state index contributed by atoms with van der Waals surface area (Å²) in [6.45, 7) is 4.79. The van der Waals surface area contributed by atoms with E-state index in [9.17, 15) is 4.39 Å². The first kappa shape index (κ1) is 14.0. The van der Waals surface area contributed by atoms with E-state index in [-0.39, 0.29) is 16.9 Å². The van der Waals surface area contributed by atoms with Gasteiger partial charge in [-0.3, -0.25) is 0 Å². The molecular weight excluding hydrogens is 261 g/mol. The molecule has 0 radical (unpaired) electrons. The van der Waals surface area contributed by atoms with Crippen LogP contribution in [0.5, 0.6) is 0 Å². The van der Waals surface area contributed by atoms with Crippen LogP contribution in [0.1, 0.15) is 29.7 Å². The van der Waals surface area contributed by atoms with Gasteiger partial charge in [0.2, 0.25) is 0 Å². The van der Waals surface area contributed by atoms with Crippen molar-refractivity contribution in [3.63, 3.8) is 0 Å². The molecule has 2 rings (SSSR count). The summed E-state index contributed by atoms with van der Waals surface area (Å²) >= 11 is 5.87. The van der Waals surface area contributed by atoms with Crippen molar-refractivity contribution in [3.05, 3.63) is 70.0 Å². The molecule has 0 aromatic heterocycles. The van der Waals surface area contributed by atoms with Gasteiger partial charge in [-0.05, 0) is 25.1 Å². The number of rotatable bonds is 4. The molecule has 1 N–H and O–H groups in total. The maximum absolute atomic E-state index is 14.2. The summed E-state index contributed by atoms with van der Waals surface area (Å²) in [7, 11) is 0. The largest absolute Gasteiger partial charge is 0.306 e. The predicted octanol–water partition coefficient (Wildman–Crippen LogP) is 4.49. The van der Waals surface area contributed by atoms with Crippen molar-refractivity contribution in [2.24, 2.45) is 0 Å². The normalized spacial score (nSPS) is 12.4. The van der Waals surface area contributed by atoms with E-state index in [0.717, 1.165) is 17.7 Å². The van der Waals surface area contributed by atoms with Crippen LogP contribution in [0.3, 0.4) is 0 Å². The van der Waals surface area contributed by atoms with Gasteiger partial charge in [0, 0.05) is 5.56 Å². The monoisotopic (exact) mass is 277 g/mol. The average molecular weight is 278 g/mol. The third-order valence-electron chi connectivity index (χ3n) is 3.08. The number of halogens is 2. The molecule has 0 heterocycles. The minimum absolute atomic E-state index is 0.160. The maximum Gasteiger partial charge on any atom is 0.146 e. The van der Waals surface area contributed by atoms with E-state index >= 15 is 0 Å². The van der Waals surface area contributed by atoms with Gasteiger partial charge in [0.1, 0.15) is 5.82 Å². The Hall–Kier alpha value is -1.38. The topological polar surface area (TPSA) is 12.0 Å². The second-order valence-electron chi connectivity index (χ2n) is 4.55. The Morgan fingerprint density at radius 1 is 1.21 bits per heavy atom. The van der Waals surface area contributed by atoms with Gasteiger partial charge >= 0.3 is 0 Å². The quantitative estimate of drug-likeness (QED) is 0.868. The summed E-state index contributed by atoms with van der Waals surface area (Å²) in [5.41, 5.74) is 2.78. The van der Waals surface area contributed by atoms with E-state index in [1.54, 1.807) is 18.2 Å². The van der Waals surface area contributed by atoms with Crippen LogP contribution in [-0.2, 0) is 0 Å². The minimum atomic E-state index is -0.350. The molecule has 100 valence electrons. The fourth-order valence-corrected chi connectivity index (χ4v) is 2.39. The smallest absolute Gasteiger partial charge is 0.146 e. The van der Waals surface area contributed by atoms with Crippen molar-refractivity contribution in [2.45, 2.75) is 19.9 Å². The lowest BCUT2D eigenvalue weighted by Crippen LogP contribution is -2.23. The number of nitrogens with one attached hydrogen (secondary N) is 1. The zero-order valence-electron chi connectivity index (χ0n) is 11.1. The van der Waals surface area contributed by atoms with Crippen molar-refractivity contribution >= 4 is 11.6 Å². The highest BCUT2D eigenvalue weighted by Gasteiger charge is 2.18. The van der Waals surface area contributed by atoms with Gasteiger partial charge < -0.3 is 5.32 Å². The summed E-state index contributed by atoms with van der Waals surface area (Å²) < 4.78 is 14.2. The fraction of sp³-hybridized carbons (Fsp3) is 0.250. The maximum atomic E-state index is 14.2. The van der Waals surface area contributed by atoms with E-state index in [4.69, 9.17) is 11.6 Å². The summed E-state index contributed by atoms with van der Waals surface area (Å²) in [5, 5.41) is 3.47. The van der Waals surface area contributed by atoms with E-state index in [2.05, 4.69) is 11.4 Å². The zero-order chi connectivity index (χ0) is 13.8. The molecule has 0 saturated heterocycles. The Kier molecular flexibility index (Phi) is 4.56. The van der Waals surface area contributed by atoms with Gasteiger partial charge in [0.05, 0.1) is 11.1 Å². The van der Waals surface area contributed by atoms with Gasteiger partial charge in [-0.2, -0.15) is 0 Å². The highest BCUT2D eigenvalue weighted by Crippen LogP contribution is 2.28. The second kappa shape index (κ2) is 6.18. The summed E-state index contributed by atoms with van der Waals surface area (Å²) in [6.07, 6.45) is 0. The van der Waals surface area contributed by atoms with E-state index in [1.807, 2.05) is 32.0 Å². The van der Waals surface area contributed by atoms with Crippen molar-refractivity contribution in [1.29, 1.82) is 0 Å². The number of benzene rings is 2. The molecular formula is C16H17ClFN. The van der Waals surface area contributed by atoms with Crippen molar-refractivity contribution in [3.8, 4) is 0 Å². The number of hydrogen-bond donors (Lipinski definition) is 1. The third-order valence-corrected chi connectivity index (χ3v) is 3.37. The third kappa shape index (κ3) is 3.14. The molecule has 1 atom stereocenters. The Balaban J connectivity index is 2.48. The molecule has 3 heteroatoms. The van der Waals surface area contributed by atoms with Crippen LogP contribution < -0.4 is 5.32 Å². The first-order valence-electron chi connectivity index (χ1n) is 6.37. The molecule has 0 fully saturated rings. The molecule has 0 aliphatic heterocycles. The highest BCUT2D eigenvalue weighted by molar-refractivity contribution is 6.30. The van der Waals surface area contributed by atoms with Crippen LogP contribution in [0.15, 0.2) is 42.5 Å². The SMILES string of the molecule is CCNC(c1cccc(C)c1)c1cccc(Cl)c1F. The minimum Gasteiger partial charge on any atom is -0.306 e. The van der Waals surface area contributed by atoms with Gasteiger partial charge in [-0.1, -0.05) is 60.5 Å². The second-order valence-corrected chi connectivity index (χ2v) is 4.96. The van der Waals surface area contributed by atoms with Crippen LogP contribution in [0.4, 0.5) is 4.39 Å². The summed E-state index contributed by atoms with van der Waals surface area (Å²) in [6, 6.07) is 13.0. The molecule has 0 aliphatic carbocycles. The zero-order valence-corrected chi connectivity index (χ0v) is 11.8. The predicted molar refractivity (Wildman–Crippen MR) is 78.1 cm³/mol. The lowest BCUT2D eigenvalue weighted by atomic mass is 9.97. The van der Waals surface area contributed by atoms with Gasteiger partial charge in [0.15, 0.2) is 0 Å². The molecule has 0 saturated carbocycles. The highest BCUT2D eigenvalue weighted by atomic mass is 35.5. The Morgan fingerprint density at radius 2 is 1.95 bits per heavy atom.